The van der Waals surface area contributed by atoms with Gasteiger partial charge in [-0.3, -0.25) is 14.2 Å². The Labute approximate surface area is 234 Å². The van der Waals surface area contributed by atoms with Crippen LogP contribution in [0.3, 0.4) is 0 Å². The molecule has 0 radical (unpaired) electrons. The lowest BCUT2D eigenvalue weighted by molar-refractivity contribution is -0.115. The fourth-order valence-corrected chi connectivity index (χ4v) is 7.03. The number of hydrogen-bond acceptors (Lipinski definition) is 7. The van der Waals surface area contributed by atoms with Crippen LogP contribution in [-0.4, -0.2) is 35.9 Å². The van der Waals surface area contributed by atoms with Gasteiger partial charge in [-0.1, -0.05) is 60.3 Å². The van der Waals surface area contributed by atoms with Crippen molar-refractivity contribution < 1.29 is 9.53 Å². The lowest BCUT2D eigenvalue weighted by Crippen LogP contribution is -2.32. The Balaban J connectivity index is 1.43. The normalized spacial score (nSPS) is 15.4. The monoisotopic (exact) mass is 559 g/mol. The van der Waals surface area contributed by atoms with E-state index < -0.39 is 5.25 Å². The van der Waals surface area contributed by atoms with Gasteiger partial charge in [-0.2, -0.15) is 0 Å². The van der Waals surface area contributed by atoms with E-state index in [1.54, 1.807) is 15.9 Å². The molecule has 0 saturated carbocycles. The highest BCUT2D eigenvalue weighted by molar-refractivity contribution is 8.00. The van der Waals surface area contributed by atoms with Crippen LogP contribution >= 0.6 is 23.1 Å². The molecule has 1 atom stereocenters. The highest BCUT2D eigenvalue weighted by atomic mass is 32.2. The number of nitrogens with one attached hydrogen (secondary N) is 1. The summed E-state index contributed by atoms with van der Waals surface area (Å²) in [4.78, 5) is 28.9. The Hall–Kier alpha value is -3.47. The van der Waals surface area contributed by atoms with E-state index >= 15 is 0 Å². The van der Waals surface area contributed by atoms with Crippen molar-refractivity contribution >= 4 is 50.7 Å². The highest BCUT2D eigenvalue weighted by Crippen LogP contribution is 2.39. The van der Waals surface area contributed by atoms with Gasteiger partial charge < -0.3 is 10.1 Å². The number of carbonyl (C=O) groups excluding carboxylic acids is 1. The number of thioether (sulfide) groups is 1. The van der Waals surface area contributed by atoms with E-state index in [1.165, 1.54) is 11.8 Å². The molecule has 1 N–H and O–H groups in total. The predicted molar refractivity (Wildman–Crippen MR) is 156 cm³/mol. The van der Waals surface area contributed by atoms with Crippen LogP contribution in [0.5, 0.6) is 0 Å². The minimum atomic E-state index is -0.436. The fraction of sp³-hybridized carbons (Fsp3) is 0.310. The van der Waals surface area contributed by atoms with Crippen LogP contribution < -0.4 is 10.9 Å². The number of rotatable bonds is 7. The summed E-state index contributed by atoms with van der Waals surface area (Å²) >= 11 is 2.89. The van der Waals surface area contributed by atoms with Crippen molar-refractivity contribution in [1.29, 1.82) is 0 Å². The molecular formula is C29H29N5O3S2. The third kappa shape index (κ3) is 4.99. The Morgan fingerprint density at radius 3 is 2.59 bits per heavy atom. The van der Waals surface area contributed by atoms with Gasteiger partial charge in [-0.15, -0.1) is 21.5 Å². The second kappa shape index (κ2) is 10.3. The zero-order valence-electron chi connectivity index (χ0n) is 22.0. The molecule has 1 aliphatic rings. The standard InChI is InChI=1S/C29H29N5O3S2/c1-18(24(35)30-20-12-8-5-9-13-20)38-28-32-31-27-33(15-14-19-10-6-4-7-11-19)25(36)23-21-16-29(2,3)37-17-22(21)39-26(23)34(27)28/h4-13,18H,14-17H2,1-3H3,(H,30,35)/t18-/m1/s1. The number of aryl methyl sites for hydroxylation is 2. The van der Waals surface area contributed by atoms with E-state index in [-0.39, 0.29) is 17.1 Å². The molecule has 2 aromatic carbocycles. The summed E-state index contributed by atoms with van der Waals surface area (Å²) in [5.41, 5.74) is 2.52. The molecule has 39 heavy (non-hydrogen) atoms. The smallest absolute Gasteiger partial charge is 0.263 e. The van der Waals surface area contributed by atoms with Crippen LogP contribution in [0.1, 0.15) is 36.8 Å². The van der Waals surface area contributed by atoms with Crippen LogP contribution in [0, 0.1) is 0 Å². The van der Waals surface area contributed by atoms with Crippen molar-refractivity contribution in [1.82, 2.24) is 19.2 Å². The van der Waals surface area contributed by atoms with E-state index in [1.807, 2.05) is 59.9 Å². The number of amides is 1. The molecule has 0 aliphatic carbocycles. The molecular weight excluding hydrogens is 530 g/mol. The van der Waals surface area contributed by atoms with Gasteiger partial charge >= 0.3 is 0 Å². The largest absolute Gasteiger partial charge is 0.370 e. The minimum absolute atomic E-state index is 0.0533. The van der Waals surface area contributed by atoms with E-state index in [4.69, 9.17) is 4.74 Å². The van der Waals surface area contributed by atoms with Crippen LogP contribution in [-0.2, 0) is 35.5 Å². The second-order valence-corrected chi connectivity index (χ2v) is 12.7. The van der Waals surface area contributed by atoms with Crippen molar-refractivity contribution in [3.63, 3.8) is 0 Å². The van der Waals surface area contributed by atoms with E-state index in [9.17, 15) is 9.59 Å². The summed E-state index contributed by atoms with van der Waals surface area (Å²) in [6.07, 6.45) is 1.34. The maximum atomic E-state index is 14.0. The number of para-hydroxylation sites is 1. The molecule has 3 aromatic heterocycles. The van der Waals surface area contributed by atoms with Gasteiger partial charge in [0, 0.05) is 23.5 Å². The van der Waals surface area contributed by atoms with Gasteiger partial charge in [-0.25, -0.2) is 4.40 Å². The van der Waals surface area contributed by atoms with Crippen LogP contribution in [0.25, 0.3) is 16.0 Å². The zero-order chi connectivity index (χ0) is 27.1. The van der Waals surface area contributed by atoms with Gasteiger partial charge in [0.15, 0.2) is 5.16 Å². The maximum Gasteiger partial charge on any atom is 0.263 e. The van der Waals surface area contributed by atoms with Crippen molar-refractivity contribution in [2.45, 2.75) is 62.8 Å². The summed E-state index contributed by atoms with van der Waals surface area (Å²) in [5, 5.41) is 12.8. The Morgan fingerprint density at radius 1 is 1.13 bits per heavy atom. The number of ether oxygens (including phenoxy) is 1. The van der Waals surface area contributed by atoms with Crippen LogP contribution in [0.2, 0.25) is 0 Å². The third-order valence-corrected chi connectivity index (χ3v) is 9.18. The molecule has 10 heteroatoms. The minimum Gasteiger partial charge on any atom is -0.370 e. The zero-order valence-corrected chi connectivity index (χ0v) is 23.6. The topological polar surface area (TPSA) is 90.5 Å². The molecule has 0 saturated heterocycles. The van der Waals surface area contributed by atoms with Crippen LogP contribution in [0.15, 0.2) is 70.6 Å². The van der Waals surface area contributed by atoms with Crippen molar-refractivity contribution in [3.05, 3.63) is 87.0 Å². The van der Waals surface area contributed by atoms with Gasteiger partial charge in [0.1, 0.15) is 4.83 Å². The average Bonchev–Trinajstić information content (AvgIpc) is 3.50. The molecule has 1 amide bonds. The van der Waals surface area contributed by atoms with E-state index in [0.717, 1.165) is 26.5 Å². The third-order valence-electron chi connectivity index (χ3n) is 6.95. The second-order valence-electron chi connectivity index (χ2n) is 10.3. The molecule has 0 spiro atoms. The number of anilines is 1. The maximum absolute atomic E-state index is 14.0. The Kier molecular flexibility index (Phi) is 6.78. The number of thiophene rings is 1. The first-order valence-electron chi connectivity index (χ1n) is 12.9. The van der Waals surface area contributed by atoms with Crippen molar-refractivity contribution in [3.8, 4) is 0 Å². The Morgan fingerprint density at radius 2 is 1.85 bits per heavy atom. The molecule has 1 aliphatic heterocycles. The van der Waals surface area contributed by atoms with Gasteiger partial charge in [0.2, 0.25) is 11.7 Å². The van der Waals surface area contributed by atoms with Crippen molar-refractivity contribution in [2.24, 2.45) is 0 Å². The van der Waals surface area contributed by atoms with Gasteiger partial charge in [-0.05, 0) is 50.5 Å². The highest BCUT2D eigenvalue weighted by Gasteiger charge is 2.32. The summed E-state index contributed by atoms with van der Waals surface area (Å²) in [5.74, 6) is 0.359. The van der Waals surface area contributed by atoms with Gasteiger partial charge in [0.05, 0.1) is 22.8 Å². The predicted octanol–water partition coefficient (Wildman–Crippen LogP) is 5.32. The number of carbonyl (C=O) groups is 1. The first-order chi connectivity index (χ1) is 18.8. The lowest BCUT2D eigenvalue weighted by atomic mass is 9.94. The van der Waals surface area contributed by atoms with Crippen LogP contribution in [0.4, 0.5) is 5.69 Å². The number of benzene rings is 2. The molecule has 0 unspecified atom stereocenters. The number of aromatic nitrogens is 4. The first-order valence-corrected chi connectivity index (χ1v) is 14.6. The van der Waals surface area contributed by atoms with Gasteiger partial charge in [0.25, 0.3) is 5.56 Å². The summed E-state index contributed by atoms with van der Waals surface area (Å²) in [6.45, 7) is 6.90. The molecule has 5 aromatic rings. The molecule has 0 fully saturated rings. The van der Waals surface area contributed by atoms with E-state index in [0.29, 0.717) is 42.3 Å². The number of hydrogen-bond donors (Lipinski definition) is 1. The van der Waals surface area contributed by atoms with Crippen molar-refractivity contribution in [2.75, 3.05) is 5.32 Å². The fourth-order valence-electron chi connectivity index (χ4n) is 4.90. The first kappa shape index (κ1) is 25.8. The summed E-state index contributed by atoms with van der Waals surface area (Å²) in [7, 11) is 0. The average molecular weight is 560 g/mol. The SMILES string of the molecule is C[C@@H](Sc1nnc2n(CCc3ccccc3)c(=O)c3c4c(sc3n12)COC(C)(C)C4)C(=O)Nc1ccccc1. The van der Waals surface area contributed by atoms with E-state index in [2.05, 4.69) is 41.5 Å². The number of nitrogens with zero attached hydrogens (tertiary/aromatic N) is 4. The Bertz CT molecular complexity index is 1720. The molecule has 4 heterocycles. The quantitative estimate of drug-likeness (QED) is 0.272. The summed E-state index contributed by atoms with van der Waals surface area (Å²) in [6, 6.07) is 19.5. The molecule has 6 rings (SSSR count). The molecule has 8 nitrogen and oxygen atoms in total. The summed E-state index contributed by atoms with van der Waals surface area (Å²) < 4.78 is 9.76. The number of fused-ring (bicyclic) bond motifs is 5. The molecule has 200 valence electrons. The molecule has 0 bridgehead atoms. The lowest BCUT2D eigenvalue weighted by Gasteiger charge is -2.29.